The van der Waals surface area contributed by atoms with Gasteiger partial charge in [-0.1, -0.05) is 31.9 Å². The van der Waals surface area contributed by atoms with E-state index in [1.807, 2.05) is 6.08 Å². The quantitative estimate of drug-likeness (QED) is 0.320. The molecule has 0 aromatic carbocycles. The molecule has 2 bridgehead atoms. The Kier molecular flexibility index (Phi) is 3.58. The molecular formula is C13H19ClO2. The Hall–Kier alpha value is -0.500. The van der Waals surface area contributed by atoms with E-state index in [0.29, 0.717) is 12.5 Å². The summed E-state index contributed by atoms with van der Waals surface area (Å²) in [4.78, 5) is 12.0. The molecule has 0 aliphatic heterocycles. The Morgan fingerprint density at radius 3 is 2.94 bits per heavy atom. The predicted octanol–water partition coefficient (Wildman–Crippen LogP) is 3.29. The second-order valence-corrected chi connectivity index (χ2v) is 5.44. The summed E-state index contributed by atoms with van der Waals surface area (Å²) in [7, 11) is 0. The molecule has 16 heavy (non-hydrogen) atoms. The summed E-state index contributed by atoms with van der Waals surface area (Å²) in [6.07, 6.45) is 9.08. The zero-order chi connectivity index (χ0) is 11.6. The summed E-state index contributed by atoms with van der Waals surface area (Å²) in [5.41, 5.74) is -0.502. The topological polar surface area (TPSA) is 26.3 Å². The highest BCUT2D eigenvalue weighted by Crippen LogP contribution is 2.52. The van der Waals surface area contributed by atoms with E-state index in [0.717, 1.165) is 32.1 Å². The van der Waals surface area contributed by atoms with Gasteiger partial charge in [0.25, 0.3) is 0 Å². The lowest BCUT2D eigenvalue weighted by molar-refractivity contribution is -0.152. The first-order valence-electron chi connectivity index (χ1n) is 6.19. The van der Waals surface area contributed by atoms with Crippen LogP contribution < -0.4 is 0 Å². The minimum Gasteiger partial charge on any atom is -0.465 e. The molecule has 0 spiro atoms. The van der Waals surface area contributed by atoms with Crippen molar-refractivity contribution in [3.63, 3.8) is 0 Å². The third-order valence-electron chi connectivity index (χ3n) is 3.70. The Bertz CT molecular complexity index is 300. The molecule has 2 rings (SSSR count). The molecule has 0 aromatic rings. The summed E-state index contributed by atoms with van der Waals surface area (Å²) in [5.74, 6) is 0.380. The molecule has 1 saturated carbocycles. The largest absolute Gasteiger partial charge is 0.465 e. The van der Waals surface area contributed by atoms with Gasteiger partial charge in [0.2, 0.25) is 0 Å². The molecule has 0 N–H and O–H groups in total. The van der Waals surface area contributed by atoms with Crippen LogP contribution in [-0.4, -0.2) is 18.0 Å². The van der Waals surface area contributed by atoms with Gasteiger partial charge in [0.05, 0.1) is 12.0 Å². The van der Waals surface area contributed by atoms with Crippen molar-refractivity contribution in [3.8, 4) is 0 Å². The van der Waals surface area contributed by atoms with E-state index in [9.17, 15) is 4.79 Å². The first-order valence-corrected chi connectivity index (χ1v) is 6.63. The average molecular weight is 243 g/mol. The van der Waals surface area contributed by atoms with Crippen LogP contribution in [0.25, 0.3) is 0 Å². The van der Waals surface area contributed by atoms with Crippen LogP contribution in [0.5, 0.6) is 0 Å². The van der Waals surface area contributed by atoms with Crippen molar-refractivity contribution in [1.82, 2.24) is 0 Å². The maximum atomic E-state index is 12.0. The normalized spacial score (nSPS) is 35.6. The van der Waals surface area contributed by atoms with E-state index in [4.69, 9.17) is 16.3 Å². The summed E-state index contributed by atoms with van der Waals surface area (Å²) < 4.78 is 5.34. The van der Waals surface area contributed by atoms with Crippen LogP contribution in [0.2, 0.25) is 0 Å². The van der Waals surface area contributed by atoms with Crippen LogP contribution in [0.15, 0.2) is 12.2 Å². The number of fused-ring (bicyclic) bond motifs is 2. The van der Waals surface area contributed by atoms with Gasteiger partial charge in [-0.25, -0.2) is 0 Å². The van der Waals surface area contributed by atoms with E-state index < -0.39 is 5.41 Å². The lowest BCUT2D eigenvalue weighted by Gasteiger charge is -2.25. The summed E-state index contributed by atoms with van der Waals surface area (Å²) in [5, 5.41) is -0.0684. The first kappa shape index (κ1) is 12.0. The van der Waals surface area contributed by atoms with Gasteiger partial charge in [-0.15, -0.1) is 11.6 Å². The fourth-order valence-corrected chi connectivity index (χ4v) is 3.16. The van der Waals surface area contributed by atoms with Gasteiger partial charge in [-0.05, 0) is 25.2 Å². The lowest BCUT2D eigenvalue weighted by Crippen LogP contribution is -2.35. The van der Waals surface area contributed by atoms with Gasteiger partial charge in [0, 0.05) is 0 Å². The minimum atomic E-state index is -0.502. The molecule has 0 aromatic heterocycles. The molecule has 0 heterocycles. The van der Waals surface area contributed by atoms with Gasteiger partial charge in [-0.2, -0.15) is 0 Å². The molecule has 0 radical (unpaired) electrons. The van der Waals surface area contributed by atoms with Gasteiger partial charge in [-0.3, -0.25) is 4.79 Å². The average Bonchev–Trinajstić information content (AvgIpc) is 2.82. The fraction of sp³-hybridized carbons (Fsp3) is 0.769. The van der Waals surface area contributed by atoms with Crippen molar-refractivity contribution in [2.75, 3.05) is 6.61 Å². The highest BCUT2D eigenvalue weighted by molar-refractivity contribution is 6.23. The van der Waals surface area contributed by atoms with Crippen molar-refractivity contribution in [1.29, 1.82) is 0 Å². The minimum absolute atomic E-state index is 0.0684. The molecular weight excluding hydrogens is 224 g/mol. The van der Waals surface area contributed by atoms with Gasteiger partial charge in [0.15, 0.2) is 0 Å². The number of unbranched alkanes of at least 4 members (excludes halogenated alkanes) is 2. The number of carbonyl (C=O) groups is 1. The summed E-state index contributed by atoms with van der Waals surface area (Å²) in [6.45, 7) is 2.67. The van der Waals surface area contributed by atoms with Gasteiger partial charge < -0.3 is 4.74 Å². The Balaban J connectivity index is 1.87. The number of allylic oxidation sites excluding steroid dienone is 1. The number of esters is 1. The maximum Gasteiger partial charge on any atom is 0.317 e. The van der Waals surface area contributed by atoms with Crippen LogP contribution in [0.4, 0.5) is 0 Å². The zero-order valence-electron chi connectivity index (χ0n) is 9.75. The molecule has 2 nitrogen and oxygen atoms in total. The smallest absolute Gasteiger partial charge is 0.317 e. The summed E-state index contributed by atoms with van der Waals surface area (Å²) in [6, 6.07) is 0. The molecule has 2 aliphatic carbocycles. The van der Waals surface area contributed by atoms with E-state index in [-0.39, 0.29) is 11.3 Å². The van der Waals surface area contributed by atoms with E-state index in [2.05, 4.69) is 13.0 Å². The van der Waals surface area contributed by atoms with Crippen LogP contribution in [0.1, 0.15) is 39.0 Å². The SMILES string of the molecule is CCCCCOC(=O)[C@@]12C=C[C@@H](C[C@@H]1Cl)C2. The molecule has 3 heteroatoms. The maximum absolute atomic E-state index is 12.0. The van der Waals surface area contributed by atoms with E-state index in [1.165, 1.54) is 0 Å². The standard InChI is InChI=1S/C13H19ClO2/c1-2-3-4-7-16-12(15)13-6-5-10(9-13)8-11(13)14/h5-6,10-11H,2-4,7-9H2,1H3/t10-,11-,13+/m0/s1. The second-order valence-electron chi connectivity index (χ2n) is 4.91. The number of hydrogen-bond donors (Lipinski definition) is 0. The van der Waals surface area contributed by atoms with Crippen molar-refractivity contribution in [2.24, 2.45) is 11.3 Å². The molecule has 0 amide bonds. The van der Waals surface area contributed by atoms with Crippen molar-refractivity contribution in [3.05, 3.63) is 12.2 Å². The first-order chi connectivity index (χ1) is 7.69. The van der Waals surface area contributed by atoms with Gasteiger partial charge >= 0.3 is 5.97 Å². The van der Waals surface area contributed by atoms with Crippen LogP contribution in [-0.2, 0) is 9.53 Å². The molecule has 0 unspecified atom stereocenters. The number of alkyl halides is 1. The third kappa shape index (κ3) is 2.00. The van der Waals surface area contributed by atoms with E-state index in [1.54, 1.807) is 0 Å². The predicted molar refractivity (Wildman–Crippen MR) is 64.4 cm³/mol. The van der Waals surface area contributed by atoms with Gasteiger partial charge in [0.1, 0.15) is 5.41 Å². The number of carbonyl (C=O) groups excluding carboxylic acids is 1. The van der Waals surface area contributed by atoms with Crippen LogP contribution >= 0.6 is 11.6 Å². The molecule has 2 aliphatic rings. The Morgan fingerprint density at radius 2 is 2.38 bits per heavy atom. The molecule has 0 saturated heterocycles. The number of hydrogen-bond acceptors (Lipinski definition) is 2. The molecule has 3 atom stereocenters. The monoisotopic (exact) mass is 242 g/mol. The second kappa shape index (κ2) is 4.79. The van der Waals surface area contributed by atoms with Crippen LogP contribution in [0.3, 0.4) is 0 Å². The Morgan fingerprint density at radius 1 is 1.56 bits per heavy atom. The highest BCUT2D eigenvalue weighted by Gasteiger charge is 2.54. The summed E-state index contributed by atoms with van der Waals surface area (Å²) >= 11 is 6.25. The zero-order valence-corrected chi connectivity index (χ0v) is 10.5. The van der Waals surface area contributed by atoms with Crippen molar-refractivity contribution in [2.45, 2.75) is 44.4 Å². The fourth-order valence-electron chi connectivity index (χ4n) is 2.68. The lowest BCUT2D eigenvalue weighted by atomic mass is 9.87. The van der Waals surface area contributed by atoms with Crippen LogP contribution in [0, 0.1) is 11.3 Å². The van der Waals surface area contributed by atoms with Crippen molar-refractivity contribution < 1.29 is 9.53 Å². The number of rotatable bonds is 5. The highest BCUT2D eigenvalue weighted by atomic mass is 35.5. The number of ether oxygens (including phenoxy) is 1. The Labute approximate surface area is 102 Å². The molecule has 1 fully saturated rings. The third-order valence-corrected chi connectivity index (χ3v) is 4.26. The number of halogens is 1. The molecule has 90 valence electrons. The van der Waals surface area contributed by atoms with Crippen molar-refractivity contribution >= 4 is 17.6 Å². The van der Waals surface area contributed by atoms with E-state index >= 15 is 0 Å².